The molecule has 0 aliphatic carbocycles. The average Bonchev–Trinajstić information content (AvgIpc) is 2.05. The van der Waals surface area contributed by atoms with E-state index in [0.717, 1.165) is 5.56 Å². The number of aryl methyl sites for hydroxylation is 1. The second kappa shape index (κ2) is 4.16. The van der Waals surface area contributed by atoms with Gasteiger partial charge in [-0.1, -0.05) is 29.6 Å². The van der Waals surface area contributed by atoms with Crippen molar-refractivity contribution in [2.24, 2.45) is 0 Å². The second-order valence-electron chi connectivity index (χ2n) is 2.50. The van der Waals surface area contributed by atoms with Gasteiger partial charge in [-0.25, -0.2) is 0 Å². The van der Waals surface area contributed by atoms with Gasteiger partial charge in [-0.05, 0) is 19.1 Å². The van der Waals surface area contributed by atoms with Crippen LogP contribution >= 0.6 is 11.9 Å². The highest BCUT2D eigenvalue weighted by Gasteiger charge is 2.02. The third kappa shape index (κ3) is 2.27. The summed E-state index contributed by atoms with van der Waals surface area (Å²) in [6, 6.07) is 7.52. The Morgan fingerprint density at radius 1 is 1.50 bits per heavy atom. The van der Waals surface area contributed by atoms with E-state index in [1.165, 1.54) is 11.9 Å². The summed E-state index contributed by atoms with van der Waals surface area (Å²) in [4.78, 5) is 11.3. The normalized spacial score (nSPS) is 9.50. The maximum Gasteiger partial charge on any atom is 0.261 e. The number of carbonyl (C=O) groups is 1. The minimum atomic E-state index is -0.0359. The molecule has 3 heteroatoms. The Hall–Kier alpha value is -0.960. The molecule has 1 aromatic carbocycles. The van der Waals surface area contributed by atoms with E-state index in [2.05, 4.69) is 4.72 Å². The molecule has 1 amide bonds. The summed E-state index contributed by atoms with van der Waals surface area (Å²) in [7, 11) is 0. The number of nitrogens with one attached hydrogen (secondary N) is 1. The molecule has 1 aromatic rings. The van der Waals surface area contributed by atoms with Gasteiger partial charge in [0.1, 0.15) is 0 Å². The zero-order valence-electron chi connectivity index (χ0n) is 7.13. The molecule has 0 fully saturated rings. The van der Waals surface area contributed by atoms with Crippen molar-refractivity contribution in [1.82, 2.24) is 4.72 Å². The van der Waals surface area contributed by atoms with Crippen LogP contribution in [0, 0.1) is 6.92 Å². The Bertz CT molecular complexity index is 286. The van der Waals surface area contributed by atoms with Crippen LogP contribution in [0.25, 0.3) is 0 Å². The van der Waals surface area contributed by atoms with E-state index in [4.69, 9.17) is 0 Å². The van der Waals surface area contributed by atoms with Crippen molar-refractivity contribution in [2.75, 3.05) is 6.26 Å². The molecule has 0 aliphatic heterocycles. The van der Waals surface area contributed by atoms with E-state index >= 15 is 0 Å². The molecule has 0 atom stereocenters. The topological polar surface area (TPSA) is 29.1 Å². The van der Waals surface area contributed by atoms with Gasteiger partial charge in [0.15, 0.2) is 0 Å². The molecule has 2 nitrogen and oxygen atoms in total. The van der Waals surface area contributed by atoms with Crippen LogP contribution < -0.4 is 4.72 Å². The van der Waals surface area contributed by atoms with Gasteiger partial charge in [-0.3, -0.25) is 9.52 Å². The van der Waals surface area contributed by atoms with Crippen LogP contribution in [0.3, 0.4) is 0 Å². The largest absolute Gasteiger partial charge is 0.296 e. The molecule has 64 valence electrons. The average molecular weight is 181 g/mol. The molecule has 0 bridgehead atoms. The Labute approximate surface area is 76.5 Å². The van der Waals surface area contributed by atoms with Crippen molar-refractivity contribution in [1.29, 1.82) is 0 Å². The molecular formula is C9H11NOS. The van der Waals surface area contributed by atoms with Crippen LogP contribution in [-0.4, -0.2) is 12.2 Å². The predicted molar refractivity (Wildman–Crippen MR) is 52.2 cm³/mol. The van der Waals surface area contributed by atoms with Gasteiger partial charge < -0.3 is 0 Å². The van der Waals surface area contributed by atoms with E-state index in [-0.39, 0.29) is 5.91 Å². The third-order valence-corrected chi connectivity index (χ3v) is 1.86. The van der Waals surface area contributed by atoms with Gasteiger partial charge >= 0.3 is 0 Å². The lowest BCUT2D eigenvalue weighted by atomic mass is 10.1. The van der Waals surface area contributed by atoms with E-state index in [9.17, 15) is 4.79 Å². The first-order chi connectivity index (χ1) is 5.74. The summed E-state index contributed by atoms with van der Waals surface area (Å²) >= 11 is 1.31. The molecule has 0 heterocycles. The lowest BCUT2D eigenvalue weighted by Crippen LogP contribution is -2.14. The van der Waals surface area contributed by atoms with Crippen molar-refractivity contribution in [3.8, 4) is 0 Å². The second-order valence-corrected chi connectivity index (χ2v) is 3.12. The summed E-state index contributed by atoms with van der Waals surface area (Å²) in [5, 5.41) is 0. The minimum absolute atomic E-state index is 0.0359. The van der Waals surface area contributed by atoms with Gasteiger partial charge in [0, 0.05) is 11.8 Å². The smallest absolute Gasteiger partial charge is 0.261 e. The van der Waals surface area contributed by atoms with Crippen molar-refractivity contribution in [2.45, 2.75) is 6.92 Å². The Kier molecular flexibility index (Phi) is 3.17. The molecule has 0 unspecified atom stereocenters. The van der Waals surface area contributed by atoms with Crippen molar-refractivity contribution in [3.05, 3.63) is 35.4 Å². The van der Waals surface area contributed by atoms with E-state index in [1.807, 2.05) is 31.4 Å². The third-order valence-electron chi connectivity index (χ3n) is 1.48. The van der Waals surface area contributed by atoms with Crippen molar-refractivity contribution in [3.63, 3.8) is 0 Å². The van der Waals surface area contributed by atoms with Gasteiger partial charge in [-0.2, -0.15) is 0 Å². The molecule has 1 N–H and O–H groups in total. The fourth-order valence-electron chi connectivity index (χ4n) is 0.938. The van der Waals surface area contributed by atoms with E-state index < -0.39 is 0 Å². The number of hydrogen-bond acceptors (Lipinski definition) is 2. The van der Waals surface area contributed by atoms with Crippen LogP contribution in [0.1, 0.15) is 15.9 Å². The number of rotatable bonds is 2. The SMILES string of the molecule is CSNC(=O)c1cccc(C)c1. The summed E-state index contributed by atoms with van der Waals surface area (Å²) in [6.07, 6.45) is 1.83. The van der Waals surface area contributed by atoms with Gasteiger partial charge in [-0.15, -0.1) is 0 Å². The summed E-state index contributed by atoms with van der Waals surface area (Å²) in [6.45, 7) is 1.97. The van der Waals surface area contributed by atoms with Crippen molar-refractivity contribution >= 4 is 17.9 Å². The molecular weight excluding hydrogens is 170 g/mol. The van der Waals surface area contributed by atoms with Crippen LogP contribution in [0.5, 0.6) is 0 Å². The fourth-order valence-corrected chi connectivity index (χ4v) is 1.24. The summed E-state index contributed by atoms with van der Waals surface area (Å²) in [5.74, 6) is -0.0359. The maximum atomic E-state index is 11.3. The quantitative estimate of drug-likeness (QED) is 0.707. The summed E-state index contributed by atoms with van der Waals surface area (Å²) < 4.78 is 2.67. The van der Waals surface area contributed by atoms with Crippen LogP contribution in [0.4, 0.5) is 0 Å². The Morgan fingerprint density at radius 2 is 2.25 bits per heavy atom. The lowest BCUT2D eigenvalue weighted by molar-refractivity contribution is 0.0984. The predicted octanol–water partition coefficient (Wildman–Crippen LogP) is 2.00. The highest BCUT2D eigenvalue weighted by Crippen LogP contribution is 2.04. The van der Waals surface area contributed by atoms with Crippen LogP contribution in [-0.2, 0) is 0 Å². The highest BCUT2D eigenvalue weighted by atomic mass is 32.2. The maximum absolute atomic E-state index is 11.3. The molecule has 0 radical (unpaired) electrons. The standard InChI is InChI=1S/C9H11NOS/c1-7-4-3-5-8(6-7)9(11)10-12-2/h3-6H,1-2H3,(H,10,11). The molecule has 0 aliphatic rings. The first-order valence-corrected chi connectivity index (χ1v) is 4.86. The lowest BCUT2D eigenvalue weighted by Gasteiger charge is -2.01. The van der Waals surface area contributed by atoms with E-state index in [1.54, 1.807) is 6.07 Å². The van der Waals surface area contributed by atoms with Crippen LogP contribution in [0.15, 0.2) is 24.3 Å². The van der Waals surface area contributed by atoms with Gasteiger partial charge in [0.2, 0.25) is 0 Å². The zero-order chi connectivity index (χ0) is 8.97. The Balaban J connectivity index is 2.81. The highest BCUT2D eigenvalue weighted by molar-refractivity contribution is 7.97. The Morgan fingerprint density at radius 3 is 2.83 bits per heavy atom. The van der Waals surface area contributed by atoms with E-state index in [0.29, 0.717) is 5.56 Å². The monoisotopic (exact) mass is 181 g/mol. The number of carbonyl (C=O) groups excluding carboxylic acids is 1. The first kappa shape index (κ1) is 9.13. The van der Waals surface area contributed by atoms with Crippen molar-refractivity contribution < 1.29 is 4.79 Å². The number of hydrogen-bond donors (Lipinski definition) is 1. The van der Waals surface area contributed by atoms with Gasteiger partial charge in [0.25, 0.3) is 5.91 Å². The molecule has 1 rings (SSSR count). The molecule has 0 saturated carbocycles. The van der Waals surface area contributed by atoms with Crippen LogP contribution in [0.2, 0.25) is 0 Å². The number of benzene rings is 1. The molecule has 0 aromatic heterocycles. The molecule has 0 saturated heterocycles. The fraction of sp³-hybridized carbons (Fsp3) is 0.222. The summed E-state index contributed by atoms with van der Waals surface area (Å²) in [5.41, 5.74) is 1.81. The first-order valence-electron chi connectivity index (χ1n) is 3.64. The minimum Gasteiger partial charge on any atom is -0.296 e. The zero-order valence-corrected chi connectivity index (χ0v) is 7.94. The van der Waals surface area contributed by atoms with Gasteiger partial charge in [0.05, 0.1) is 0 Å². The number of amides is 1. The molecule has 12 heavy (non-hydrogen) atoms. The molecule has 0 spiro atoms.